The number of amides is 1. The number of nitrogens with one attached hydrogen (secondary N) is 1. The van der Waals surface area contributed by atoms with E-state index < -0.39 is 0 Å². The van der Waals surface area contributed by atoms with E-state index in [9.17, 15) is 4.79 Å². The normalized spacial score (nSPS) is 13.8. The van der Waals surface area contributed by atoms with Crippen LogP contribution in [0.3, 0.4) is 0 Å². The lowest BCUT2D eigenvalue weighted by molar-refractivity contribution is 0.0939. The molecule has 0 fully saturated rings. The fourth-order valence-corrected chi connectivity index (χ4v) is 2.28. The van der Waals surface area contributed by atoms with E-state index in [1.165, 1.54) is 6.20 Å². The molecule has 0 saturated heterocycles. The van der Waals surface area contributed by atoms with Crippen molar-refractivity contribution < 1.29 is 14.3 Å². The molecule has 1 atom stereocenters. The fraction of sp³-hybridized carbons (Fsp3) is 0.200. The average Bonchev–Trinajstić information content (AvgIpc) is 2.94. The second kappa shape index (κ2) is 5.61. The van der Waals surface area contributed by atoms with Gasteiger partial charge < -0.3 is 14.8 Å². The fourth-order valence-electron chi connectivity index (χ4n) is 2.08. The van der Waals surface area contributed by atoms with E-state index in [-0.39, 0.29) is 18.7 Å². The number of hydrogen-bond acceptors (Lipinski definition) is 4. The number of hydrogen-bond donors (Lipinski definition) is 1. The summed E-state index contributed by atoms with van der Waals surface area (Å²) in [5.74, 6) is 1.14. The van der Waals surface area contributed by atoms with E-state index in [0.717, 1.165) is 5.56 Å². The van der Waals surface area contributed by atoms with Gasteiger partial charge in [0.15, 0.2) is 11.5 Å². The first-order valence-corrected chi connectivity index (χ1v) is 6.83. The lowest BCUT2D eigenvalue weighted by atomic mass is 10.1. The Labute approximate surface area is 126 Å². The van der Waals surface area contributed by atoms with Gasteiger partial charge in [0.1, 0.15) is 0 Å². The van der Waals surface area contributed by atoms with E-state index >= 15 is 0 Å². The number of halogens is 1. The molecule has 3 rings (SSSR count). The molecule has 1 aromatic heterocycles. The predicted octanol–water partition coefficient (Wildman–Crippen LogP) is 2.95. The monoisotopic (exact) mass is 304 g/mol. The van der Waals surface area contributed by atoms with Gasteiger partial charge in [0, 0.05) is 12.4 Å². The van der Waals surface area contributed by atoms with Crippen molar-refractivity contribution in [1.82, 2.24) is 10.3 Å². The topological polar surface area (TPSA) is 60.5 Å². The van der Waals surface area contributed by atoms with E-state index in [0.29, 0.717) is 22.1 Å². The van der Waals surface area contributed by atoms with Crippen LogP contribution in [-0.2, 0) is 0 Å². The Kier molecular flexibility index (Phi) is 3.66. The Morgan fingerprint density at radius 1 is 1.33 bits per heavy atom. The molecule has 0 radical (unpaired) electrons. The van der Waals surface area contributed by atoms with Gasteiger partial charge in [-0.3, -0.25) is 9.78 Å². The Hall–Kier alpha value is -2.27. The minimum absolute atomic E-state index is 0.191. The van der Waals surface area contributed by atoms with Crippen LogP contribution < -0.4 is 14.8 Å². The van der Waals surface area contributed by atoms with Crippen LogP contribution in [-0.4, -0.2) is 17.7 Å². The maximum atomic E-state index is 12.2. The van der Waals surface area contributed by atoms with Crippen molar-refractivity contribution in [1.29, 1.82) is 0 Å². The molecular weight excluding hydrogens is 292 g/mol. The minimum Gasteiger partial charge on any atom is -0.454 e. The van der Waals surface area contributed by atoms with Crippen LogP contribution >= 0.6 is 11.6 Å². The number of pyridine rings is 1. The third-order valence-corrected chi connectivity index (χ3v) is 3.59. The van der Waals surface area contributed by atoms with Crippen molar-refractivity contribution in [2.24, 2.45) is 0 Å². The number of carbonyl (C=O) groups is 1. The highest BCUT2D eigenvalue weighted by Gasteiger charge is 2.18. The van der Waals surface area contributed by atoms with Crippen molar-refractivity contribution in [2.75, 3.05) is 6.79 Å². The molecule has 1 aliphatic heterocycles. The van der Waals surface area contributed by atoms with E-state index in [1.807, 2.05) is 25.1 Å². The molecule has 1 aliphatic rings. The minimum atomic E-state index is -0.265. The zero-order valence-electron chi connectivity index (χ0n) is 11.3. The standard InChI is InChI=1S/C15H13ClN2O3/c1-9(10-2-3-13-14(6-10)21-8-20-13)18-15(19)11-7-17-5-4-12(11)16/h2-7,9H,8H2,1H3,(H,18,19). The highest BCUT2D eigenvalue weighted by Crippen LogP contribution is 2.34. The summed E-state index contributed by atoms with van der Waals surface area (Å²) in [6.45, 7) is 2.12. The highest BCUT2D eigenvalue weighted by molar-refractivity contribution is 6.33. The summed E-state index contributed by atoms with van der Waals surface area (Å²) in [7, 11) is 0. The van der Waals surface area contributed by atoms with Gasteiger partial charge in [0.25, 0.3) is 5.91 Å². The molecule has 2 aromatic rings. The molecular formula is C15H13ClN2O3. The Morgan fingerprint density at radius 2 is 2.14 bits per heavy atom. The number of aromatic nitrogens is 1. The smallest absolute Gasteiger partial charge is 0.254 e. The summed E-state index contributed by atoms with van der Waals surface area (Å²) in [6, 6.07) is 6.98. The van der Waals surface area contributed by atoms with Crippen molar-refractivity contribution in [3.63, 3.8) is 0 Å². The number of rotatable bonds is 3. The number of nitrogens with zero attached hydrogens (tertiary/aromatic N) is 1. The molecule has 1 aromatic carbocycles. The van der Waals surface area contributed by atoms with E-state index in [1.54, 1.807) is 12.3 Å². The Morgan fingerprint density at radius 3 is 2.95 bits per heavy atom. The van der Waals surface area contributed by atoms with Gasteiger partial charge in [0.2, 0.25) is 6.79 Å². The number of ether oxygens (including phenoxy) is 2. The molecule has 1 N–H and O–H groups in total. The Balaban J connectivity index is 1.76. The van der Waals surface area contributed by atoms with Gasteiger partial charge in [0.05, 0.1) is 16.6 Å². The van der Waals surface area contributed by atoms with Crippen molar-refractivity contribution in [3.8, 4) is 11.5 Å². The first-order valence-electron chi connectivity index (χ1n) is 6.45. The maximum absolute atomic E-state index is 12.2. The van der Waals surface area contributed by atoms with Crippen LogP contribution in [0.25, 0.3) is 0 Å². The Bertz CT molecular complexity index is 690. The first kappa shape index (κ1) is 13.7. The number of benzene rings is 1. The van der Waals surface area contributed by atoms with Crippen molar-refractivity contribution >= 4 is 17.5 Å². The molecule has 1 amide bonds. The molecule has 0 saturated carbocycles. The van der Waals surface area contributed by atoms with Crippen molar-refractivity contribution in [2.45, 2.75) is 13.0 Å². The second-order valence-electron chi connectivity index (χ2n) is 4.66. The molecule has 108 valence electrons. The van der Waals surface area contributed by atoms with Crippen LogP contribution in [0.1, 0.15) is 28.9 Å². The third kappa shape index (κ3) is 2.78. The molecule has 6 heteroatoms. The molecule has 5 nitrogen and oxygen atoms in total. The van der Waals surface area contributed by atoms with Crippen LogP contribution in [0.4, 0.5) is 0 Å². The zero-order valence-corrected chi connectivity index (χ0v) is 12.1. The highest BCUT2D eigenvalue weighted by atomic mass is 35.5. The predicted molar refractivity (Wildman–Crippen MR) is 77.7 cm³/mol. The summed E-state index contributed by atoms with van der Waals surface area (Å²) in [6.07, 6.45) is 2.99. The second-order valence-corrected chi connectivity index (χ2v) is 5.07. The average molecular weight is 305 g/mol. The summed E-state index contributed by atoms with van der Waals surface area (Å²) in [5, 5.41) is 3.26. The number of fused-ring (bicyclic) bond motifs is 1. The molecule has 21 heavy (non-hydrogen) atoms. The van der Waals surface area contributed by atoms with Gasteiger partial charge in [-0.05, 0) is 30.7 Å². The van der Waals surface area contributed by atoms with Crippen LogP contribution in [0, 0.1) is 0 Å². The van der Waals surface area contributed by atoms with Gasteiger partial charge >= 0.3 is 0 Å². The van der Waals surface area contributed by atoms with Gasteiger partial charge in [-0.1, -0.05) is 17.7 Å². The summed E-state index contributed by atoms with van der Waals surface area (Å²) >= 11 is 5.99. The summed E-state index contributed by atoms with van der Waals surface area (Å²) in [4.78, 5) is 16.1. The third-order valence-electron chi connectivity index (χ3n) is 3.26. The maximum Gasteiger partial charge on any atom is 0.254 e. The van der Waals surface area contributed by atoms with Crippen LogP contribution in [0.15, 0.2) is 36.7 Å². The molecule has 2 heterocycles. The zero-order chi connectivity index (χ0) is 14.8. The van der Waals surface area contributed by atoms with Gasteiger partial charge in [-0.25, -0.2) is 0 Å². The summed E-state index contributed by atoms with van der Waals surface area (Å²) < 4.78 is 10.6. The molecule has 1 unspecified atom stereocenters. The quantitative estimate of drug-likeness (QED) is 0.947. The SMILES string of the molecule is CC(NC(=O)c1cnccc1Cl)c1ccc2c(c1)OCO2. The van der Waals surface area contributed by atoms with E-state index in [2.05, 4.69) is 10.3 Å². The van der Waals surface area contributed by atoms with E-state index in [4.69, 9.17) is 21.1 Å². The number of carbonyl (C=O) groups excluding carboxylic acids is 1. The lowest BCUT2D eigenvalue weighted by Crippen LogP contribution is -2.27. The molecule has 0 aliphatic carbocycles. The lowest BCUT2D eigenvalue weighted by Gasteiger charge is -2.15. The first-order chi connectivity index (χ1) is 10.1. The van der Waals surface area contributed by atoms with Crippen LogP contribution in [0.2, 0.25) is 5.02 Å². The van der Waals surface area contributed by atoms with Crippen LogP contribution in [0.5, 0.6) is 11.5 Å². The molecule has 0 spiro atoms. The molecule has 0 bridgehead atoms. The largest absolute Gasteiger partial charge is 0.454 e. The summed E-state index contributed by atoms with van der Waals surface area (Å²) in [5.41, 5.74) is 1.28. The van der Waals surface area contributed by atoms with Gasteiger partial charge in [-0.15, -0.1) is 0 Å². The van der Waals surface area contributed by atoms with Crippen molar-refractivity contribution in [3.05, 3.63) is 52.8 Å². The van der Waals surface area contributed by atoms with Gasteiger partial charge in [-0.2, -0.15) is 0 Å².